The highest BCUT2D eigenvalue weighted by atomic mass is 16.6. The molecule has 0 N–H and O–H groups in total. The Bertz CT molecular complexity index is 128. The van der Waals surface area contributed by atoms with Crippen LogP contribution in [0.15, 0.2) is 0 Å². The molecule has 0 aliphatic heterocycles. The molecule has 0 spiro atoms. The molecule has 3 heteroatoms. The molecule has 15 heavy (non-hydrogen) atoms. The summed E-state index contributed by atoms with van der Waals surface area (Å²) in [6.45, 7) is 11.8. The topological polar surface area (TPSA) is 27.7 Å². The zero-order chi connectivity index (χ0) is 11.5. The van der Waals surface area contributed by atoms with Crippen molar-refractivity contribution in [2.24, 2.45) is 0 Å². The molecular formula is C12H24O3. The van der Waals surface area contributed by atoms with Crippen LogP contribution in [0.2, 0.25) is 0 Å². The number of ether oxygens (including phenoxy) is 3. The van der Waals surface area contributed by atoms with E-state index in [1.807, 2.05) is 27.2 Å². The monoisotopic (exact) mass is 216 g/mol. The molecule has 0 bridgehead atoms. The van der Waals surface area contributed by atoms with Crippen molar-refractivity contribution < 1.29 is 14.2 Å². The highest BCUT2D eigenvalue weighted by molar-refractivity contribution is 4.69. The smallest absolute Gasteiger partial charge is 0.0873 e. The van der Waals surface area contributed by atoms with Crippen LogP contribution in [-0.2, 0) is 14.2 Å². The maximum absolute atomic E-state index is 5.56. The maximum Gasteiger partial charge on any atom is 0.0873 e. The molecule has 0 amide bonds. The van der Waals surface area contributed by atoms with Gasteiger partial charge in [-0.25, -0.2) is 0 Å². The third-order valence-electron chi connectivity index (χ3n) is 1.76. The van der Waals surface area contributed by atoms with Crippen LogP contribution < -0.4 is 0 Å². The van der Waals surface area contributed by atoms with Gasteiger partial charge in [0.1, 0.15) is 0 Å². The second-order valence-electron chi connectivity index (χ2n) is 3.63. The summed E-state index contributed by atoms with van der Waals surface area (Å²) in [5.74, 6) is 0. The summed E-state index contributed by atoms with van der Waals surface area (Å²) in [6.07, 6.45) is 3.14. The summed E-state index contributed by atoms with van der Waals surface area (Å²) >= 11 is 0. The van der Waals surface area contributed by atoms with Crippen molar-refractivity contribution in [3.63, 3.8) is 0 Å². The van der Waals surface area contributed by atoms with Crippen molar-refractivity contribution in [3.05, 3.63) is 13.0 Å². The molecule has 3 nitrogen and oxygen atoms in total. The highest BCUT2D eigenvalue weighted by Crippen LogP contribution is 2.00. The Balaban J connectivity index is 3.31. The van der Waals surface area contributed by atoms with Gasteiger partial charge in [-0.05, 0) is 26.7 Å². The standard InChI is InChI=1S/C12H24O3/c1-5-7-13-9-11(3)15-10-12(4)14-8-6-2/h6,8,11-12H,5,7,9-10H2,1-4H3. The van der Waals surface area contributed by atoms with Gasteiger partial charge in [-0.15, -0.1) is 0 Å². The third-order valence-corrected chi connectivity index (χ3v) is 1.76. The lowest BCUT2D eigenvalue weighted by Crippen LogP contribution is -2.23. The van der Waals surface area contributed by atoms with Gasteiger partial charge >= 0.3 is 0 Å². The molecule has 2 unspecified atom stereocenters. The molecule has 0 rings (SSSR count). The van der Waals surface area contributed by atoms with E-state index in [4.69, 9.17) is 14.2 Å². The molecule has 2 radical (unpaired) electrons. The van der Waals surface area contributed by atoms with Crippen molar-refractivity contribution in [2.45, 2.75) is 46.3 Å². The quantitative estimate of drug-likeness (QED) is 0.525. The summed E-state index contributed by atoms with van der Waals surface area (Å²) < 4.78 is 16.3. The normalized spacial score (nSPS) is 15.2. The van der Waals surface area contributed by atoms with E-state index in [0.29, 0.717) is 13.2 Å². The van der Waals surface area contributed by atoms with Crippen LogP contribution in [0, 0.1) is 13.0 Å². The van der Waals surface area contributed by atoms with Gasteiger partial charge in [-0.2, -0.15) is 0 Å². The minimum atomic E-state index is 0.0924. The molecule has 0 aliphatic carbocycles. The summed E-state index contributed by atoms with van der Waals surface area (Å²) in [6, 6.07) is 0. The highest BCUT2D eigenvalue weighted by Gasteiger charge is 2.06. The molecule has 0 heterocycles. The van der Waals surface area contributed by atoms with Gasteiger partial charge in [0.05, 0.1) is 32.0 Å². The van der Waals surface area contributed by atoms with Crippen molar-refractivity contribution in [1.82, 2.24) is 0 Å². The van der Waals surface area contributed by atoms with Crippen molar-refractivity contribution in [1.29, 1.82) is 0 Å². The van der Waals surface area contributed by atoms with E-state index < -0.39 is 0 Å². The van der Waals surface area contributed by atoms with Gasteiger partial charge in [0.15, 0.2) is 0 Å². The van der Waals surface area contributed by atoms with E-state index in [0.717, 1.165) is 13.0 Å². The molecular weight excluding hydrogens is 192 g/mol. The average molecular weight is 216 g/mol. The number of rotatable bonds is 10. The molecule has 0 aromatic heterocycles. The molecule has 0 fully saturated rings. The molecule has 0 aromatic carbocycles. The van der Waals surface area contributed by atoms with E-state index in [1.54, 1.807) is 6.61 Å². The lowest BCUT2D eigenvalue weighted by molar-refractivity contribution is -0.0440. The summed E-state index contributed by atoms with van der Waals surface area (Å²) in [5.41, 5.74) is 0. The van der Waals surface area contributed by atoms with Crippen LogP contribution >= 0.6 is 0 Å². The third kappa shape index (κ3) is 10.2. The Labute approximate surface area is 94.1 Å². The van der Waals surface area contributed by atoms with Crippen molar-refractivity contribution >= 4 is 0 Å². The summed E-state index contributed by atoms with van der Waals surface area (Å²) in [7, 11) is 0. The van der Waals surface area contributed by atoms with Crippen LogP contribution in [0.3, 0.4) is 0 Å². The van der Waals surface area contributed by atoms with Crippen LogP contribution in [0.25, 0.3) is 0 Å². The van der Waals surface area contributed by atoms with E-state index in [9.17, 15) is 0 Å². The first-order valence-electron chi connectivity index (χ1n) is 5.66. The van der Waals surface area contributed by atoms with Crippen molar-refractivity contribution in [2.75, 3.05) is 19.8 Å². The van der Waals surface area contributed by atoms with Crippen LogP contribution in [0.5, 0.6) is 0 Å². The number of hydrogen-bond acceptors (Lipinski definition) is 3. The van der Waals surface area contributed by atoms with E-state index in [2.05, 4.69) is 6.92 Å². The Kier molecular flexibility index (Phi) is 10.3. The molecule has 0 saturated heterocycles. The minimum absolute atomic E-state index is 0.0924. The van der Waals surface area contributed by atoms with Crippen molar-refractivity contribution in [3.8, 4) is 0 Å². The number of hydrogen-bond donors (Lipinski definition) is 0. The Morgan fingerprint density at radius 3 is 2.47 bits per heavy atom. The Morgan fingerprint density at radius 2 is 1.87 bits per heavy atom. The van der Waals surface area contributed by atoms with Gasteiger partial charge in [-0.1, -0.05) is 13.8 Å². The molecule has 90 valence electrons. The first-order valence-corrected chi connectivity index (χ1v) is 5.66. The predicted molar refractivity (Wildman–Crippen MR) is 61.3 cm³/mol. The molecule has 0 aromatic rings. The van der Waals surface area contributed by atoms with Gasteiger partial charge in [0.2, 0.25) is 0 Å². The fourth-order valence-corrected chi connectivity index (χ4v) is 0.993. The maximum atomic E-state index is 5.56. The lowest BCUT2D eigenvalue weighted by atomic mass is 10.4. The fraction of sp³-hybridized carbons (Fsp3) is 0.833. The van der Waals surface area contributed by atoms with E-state index in [-0.39, 0.29) is 12.2 Å². The summed E-state index contributed by atoms with van der Waals surface area (Å²) in [4.78, 5) is 0. The fourth-order valence-electron chi connectivity index (χ4n) is 0.993. The van der Waals surface area contributed by atoms with Gasteiger partial charge in [-0.3, -0.25) is 0 Å². The van der Waals surface area contributed by atoms with E-state index in [1.165, 1.54) is 0 Å². The largest absolute Gasteiger partial charge is 0.379 e. The second kappa shape index (κ2) is 10.4. The molecule has 0 saturated carbocycles. The van der Waals surface area contributed by atoms with E-state index >= 15 is 0 Å². The Morgan fingerprint density at radius 1 is 1.13 bits per heavy atom. The lowest BCUT2D eigenvalue weighted by Gasteiger charge is -2.17. The van der Waals surface area contributed by atoms with Gasteiger partial charge in [0, 0.05) is 6.61 Å². The average Bonchev–Trinajstić information content (AvgIpc) is 2.24. The SMILES string of the molecule is C[CH][CH]OC(C)COC(C)COCCC. The first-order chi connectivity index (χ1) is 7.20. The minimum Gasteiger partial charge on any atom is -0.379 e. The van der Waals surface area contributed by atoms with Gasteiger partial charge in [0.25, 0.3) is 0 Å². The first kappa shape index (κ1) is 14.9. The summed E-state index contributed by atoms with van der Waals surface area (Å²) in [5, 5.41) is 0. The van der Waals surface area contributed by atoms with Crippen LogP contribution in [0.4, 0.5) is 0 Å². The second-order valence-corrected chi connectivity index (χ2v) is 3.63. The molecule has 0 aliphatic rings. The predicted octanol–water partition coefficient (Wildman–Crippen LogP) is 2.61. The molecule has 2 atom stereocenters. The van der Waals surface area contributed by atoms with Crippen LogP contribution in [0.1, 0.15) is 34.1 Å². The zero-order valence-corrected chi connectivity index (χ0v) is 10.4. The Hall–Kier alpha value is -0.120. The van der Waals surface area contributed by atoms with Gasteiger partial charge < -0.3 is 14.2 Å². The van der Waals surface area contributed by atoms with Crippen LogP contribution in [-0.4, -0.2) is 32.0 Å². The zero-order valence-electron chi connectivity index (χ0n) is 10.4.